The van der Waals surface area contributed by atoms with Crippen molar-refractivity contribution < 1.29 is 22.7 Å². The van der Waals surface area contributed by atoms with Crippen molar-refractivity contribution in [1.82, 2.24) is 14.7 Å². The molecule has 0 radical (unpaired) electrons. The zero-order valence-corrected chi connectivity index (χ0v) is 18.9. The summed E-state index contributed by atoms with van der Waals surface area (Å²) in [5, 5.41) is 2.82. The highest BCUT2D eigenvalue weighted by molar-refractivity contribution is 7.92. The lowest BCUT2D eigenvalue weighted by Crippen LogP contribution is -2.23. The molecule has 0 atom stereocenters. The average molecular weight is 479 g/mol. The number of fused-ring (bicyclic) bond motifs is 2. The van der Waals surface area contributed by atoms with Crippen LogP contribution < -0.4 is 19.5 Å². The fourth-order valence-electron chi connectivity index (χ4n) is 3.59. The first kappa shape index (κ1) is 21.8. The van der Waals surface area contributed by atoms with Crippen LogP contribution in [-0.2, 0) is 16.6 Å². The van der Waals surface area contributed by atoms with Crippen LogP contribution in [-0.4, -0.2) is 36.9 Å². The Morgan fingerprint density at radius 3 is 2.71 bits per heavy atom. The molecule has 2 aromatic heterocycles. The largest absolute Gasteiger partial charge is 0.490 e. The van der Waals surface area contributed by atoms with Crippen LogP contribution >= 0.6 is 0 Å². The Hall–Kier alpha value is -4.05. The van der Waals surface area contributed by atoms with E-state index in [1.54, 1.807) is 24.3 Å². The number of anilines is 1. The third kappa shape index (κ3) is 4.67. The topological polar surface area (TPSA) is 111 Å². The fraction of sp³-hybridized carbons (Fsp3) is 0.167. The van der Waals surface area contributed by atoms with E-state index in [1.165, 1.54) is 18.2 Å². The minimum Gasteiger partial charge on any atom is -0.490 e. The Balaban J connectivity index is 1.28. The van der Waals surface area contributed by atoms with Gasteiger partial charge in [-0.2, -0.15) is 0 Å². The molecule has 4 aromatic rings. The summed E-state index contributed by atoms with van der Waals surface area (Å²) in [6.45, 7) is 1.22. The van der Waals surface area contributed by atoms with Crippen LogP contribution in [0.3, 0.4) is 0 Å². The molecule has 10 heteroatoms. The molecule has 3 heterocycles. The molecule has 174 valence electrons. The molecule has 2 aromatic carbocycles. The first-order chi connectivity index (χ1) is 16.5. The van der Waals surface area contributed by atoms with E-state index >= 15 is 0 Å². The summed E-state index contributed by atoms with van der Waals surface area (Å²) in [5.74, 6) is 0.565. The third-order valence-corrected chi connectivity index (χ3v) is 6.63. The van der Waals surface area contributed by atoms with E-state index in [9.17, 15) is 13.2 Å². The highest BCUT2D eigenvalue weighted by Gasteiger charge is 2.19. The molecule has 5 rings (SSSR count). The summed E-state index contributed by atoms with van der Waals surface area (Å²) in [4.78, 5) is 17.2. The van der Waals surface area contributed by atoms with Crippen molar-refractivity contribution in [3.63, 3.8) is 0 Å². The van der Waals surface area contributed by atoms with Gasteiger partial charge in [0.2, 0.25) is 0 Å². The summed E-state index contributed by atoms with van der Waals surface area (Å²) in [7, 11) is -3.90. The second-order valence-electron chi connectivity index (χ2n) is 7.73. The van der Waals surface area contributed by atoms with E-state index < -0.39 is 10.0 Å². The van der Waals surface area contributed by atoms with Gasteiger partial charge in [-0.05, 0) is 42.5 Å². The van der Waals surface area contributed by atoms with E-state index in [2.05, 4.69) is 15.0 Å². The number of amides is 1. The number of benzene rings is 2. The number of imidazole rings is 1. The number of rotatable bonds is 6. The number of pyridine rings is 1. The summed E-state index contributed by atoms with van der Waals surface area (Å²) in [6.07, 6.45) is 4.45. The van der Waals surface area contributed by atoms with Gasteiger partial charge in [0.05, 0.1) is 30.3 Å². The Kier molecular flexibility index (Phi) is 5.81. The monoisotopic (exact) mass is 478 g/mol. The number of aromatic nitrogens is 2. The van der Waals surface area contributed by atoms with Gasteiger partial charge in [-0.3, -0.25) is 9.52 Å². The molecule has 34 heavy (non-hydrogen) atoms. The average Bonchev–Trinajstić information content (AvgIpc) is 3.11. The van der Waals surface area contributed by atoms with Gasteiger partial charge >= 0.3 is 0 Å². The second-order valence-corrected chi connectivity index (χ2v) is 9.41. The highest BCUT2D eigenvalue weighted by Crippen LogP contribution is 2.32. The standard InChI is InChI=1S/C24H22N4O5S/c29-24(25-15-19-16-28-10-2-1-7-23(28)26-19)17-5-3-6-18(13-17)27-34(30,31)20-8-9-21-22(14-20)33-12-4-11-32-21/h1-3,5-10,13-14,16,27H,4,11-12,15H2,(H,25,29). The van der Waals surface area contributed by atoms with Crippen molar-refractivity contribution in [3.05, 3.63) is 84.3 Å². The van der Waals surface area contributed by atoms with E-state index in [0.717, 1.165) is 12.1 Å². The minimum atomic E-state index is -3.90. The molecule has 0 fully saturated rings. The lowest BCUT2D eigenvalue weighted by atomic mass is 10.2. The highest BCUT2D eigenvalue weighted by atomic mass is 32.2. The number of hydrogen-bond acceptors (Lipinski definition) is 6. The Morgan fingerprint density at radius 1 is 1.00 bits per heavy atom. The van der Waals surface area contributed by atoms with E-state index in [0.29, 0.717) is 36.0 Å². The van der Waals surface area contributed by atoms with Crippen LogP contribution in [0, 0.1) is 0 Å². The fourth-order valence-corrected chi connectivity index (χ4v) is 4.66. The van der Waals surface area contributed by atoms with Gasteiger partial charge in [0.25, 0.3) is 15.9 Å². The van der Waals surface area contributed by atoms with E-state index in [1.807, 2.05) is 35.0 Å². The molecule has 0 spiro atoms. The molecular formula is C24H22N4O5S. The number of nitrogens with one attached hydrogen (secondary N) is 2. The molecule has 1 aliphatic rings. The molecule has 0 aliphatic carbocycles. The van der Waals surface area contributed by atoms with Gasteiger partial charge in [-0.1, -0.05) is 12.1 Å². The van der Waals surface area contributed by atoms with Crippen LogP contribution in [0.5, 0.6) is 11.5 Å². The zero-order chi connectivity index (χ0) is 23.5. The molecule has 0 unspecified atom stereocenters. The van der Waals surface area contributed by atoms with Crippen molar-refractivity contribution in [2.75, 3.05) is 17.9 Å². The smallest absolute Gasteiger partial charge is 0.262 e. The number of carbonyl (C=O) groups is 1. The maximum absolute atomic E-state index is 12.9. The van der Waals surface area contributed by atoms with Gasteiger partial charge in [0.1, 0.15) is 5.65 Å². The van der Waals surface area contributed by atoms with Crippen molar-refractivity contribution in [1.29, 1.82) is 0 Å². The lowest BCUT2D eigenvalue weighted by Gasteiger charge is -2.12. The van der Waals surface area contributed by atoms with Crippen LogP contribution in [0.15, 0.2) is 78.0 Å². The van der Waals surface area contributed by atoms with Crippen LogP contribution in [0.1, 0.15) is 22.5 Å². The molecule has 0 bridgehead atoms. The first-order valence-electron chi connectivity index (χ1n) is 10.7. The van der Waals surface area contributed by atoms with Crippen molar-refractivity contribution in [2.45, 2.75) is 17.9 Å². The minimum absolute atomic E-state index is 0.0402. The van der Waals surface area contributed by atoms with Crippen molar-refractivity contribution >= 4 is 27.3 Å². The van der Waals surface area contributed by atoms with Crippen molar-refractivity contribution in [3.8, 4) is 11.5 Å². The van der Waals surface area contributed by atoms with Crippen LogP contribution in [0.4, 0.5) is 5.69 Å². The molecule has 1 amide bonds. The van der Waals surface area contributed by atoms with Crippen LogP contribution in [0.25, 0.3) is 5.65 Å². The van der Waals surface area contributed by atoms with Gasteiger partial charge in [-0.15, -0.1) is 0 Å². The van der Waals surface area contributed by atoms with Gasteiger partial charge < -0.3 is 19.2 Å². The van der Waals surface area contributed by atoms with Gasteiger partial charge in [-0.25, -0.2) is 13.4 Å². The Labute approximate surface area is 196 Å². The summed E-state index contributed by atoms with van der Waals surface area (Å²) in [6, 6.07) is 16.5. The first-order valence-corrected chi connectivity index (χ1v) is 12.2. The second kappa shape index (κ2) is 9.06. The molecule has 9 nitrogen and oxygen atoms in total. The van der Waals surface area contributed by atoms with Gasteiger partial charge in [0.15, 0.2) is 11.5 Å². The normalized spacial score (nSPS) is 13.3. The zero-order valence-electron chi connectivity index (χ0n) is 18.1. The number of carbonyl (C=O) groups excluding carboxylic acids is 1. The van der Waals surface area contributed by atoms with Crippen LogP contribution in [0.2, 0.25) is 0 Å². The van der Waals surface area contributed by atoms with E-state index in [4.69, 9.17) is 9.47 Å². The molecular weight excluding hydrogens is 456 g/mol. The number of sulfonamides is 1. The van der Waals surface area contributed by atoms with Crippen molar-refractivity contribution in [2.24, 2.45) is 0 Å². The Bertz CT molecular complexity index is 1430. The summed E-state index contributed by atoms with van der Waals surface area (Å²) in [5.41, 5.74) is 2.10. The quantitative estimate of drug-likeness (QED) is 0.440. The molecule has 0 saturated carbocycles. The summed E-state index contributed by atoms with van der Waals surface area (Å²) < 4.78 is 41.4. The maximum Gasteiger partial charge on any atom is 0.262 e. The Morgan fingerprint density at radius 2 is 1.85 bits per heavy atom. The number of nitrogens with zero attached hydrogens (tertiary/aromatic N) is 2. The lowest BCUT2D eigenvalue weighted by molar-refractivity contribution is 0.0950. The van der Waals surface area contributed by atoms with Gasteiger partial charge in [0, 0.05) is 36.1 Å². The third-order valence-electron chi connectivity index (χ3n) is 5.25. The number of ether oxygens (including phenoxy) is 2. The summed E-state index contributed by atoms with van der Waals surface area (Å²) >= 11 is 0. The predicted molar refractivity (Wildman–Crippen MR) is 126 cm³/mol. The number of hydrogen-bond donors (Lipinski definition) is 2. The molecule has 1 aliphatic heterocycles. The predicted octanol–water partition coefficient (Wildman–Crippen LogP) is 3.23. The molecule has 0 saturated heterocycles. The van der Waals surface area contributed by atoms with E-state index in [-0.39, 0.29) is 23.0 Å². The maximum atomic E-state index is 12.9. The molecule has 2 N–H and O–H groups in total. The SMILES string of the molecule is O=C(NCc1cn2ccccc2n1)c1cccc(NS(=O)(=O)c2ccc3c(c2)OCCCO3)c1.